The lowest BCUT2D eigenvalue weighted by Crippen LogP contribution is -2.34. The first kappa shape index (κ1) is 23.0. The standard InChI is InChI=1S/C20H24ClN3O2.ClH/c1-22-12-7-13-23-19(25)14-18(15-8-3-2-4-9-15)24-20(26)16-10-5-6-11-17(16)21;/h2-6,8-11,18,22H,7,12-14H2,1H3,(H,23,25)(H,24,26);1H. The van der Waals surface area contributed by atoms with Gasteiger partial charge in [0.2, 0.25) is 5.91 Å². The van der Waals surface area contributed by atoms with Crippen molar-refractivity contribution >= 4 is 35.8 Å². The maximum absolute atomic E-state index is 12.6. The third kappa shape index (κ3) is 7.59. The molecule has 1 unspecified atom stereocenters. The molecule has 0 aliphatic carbocycles. The van der Waals surface area contributed by atoms with Crippen LogP contribution < -0.4 is 16.0 Å². The van der Waals surface area contributed by atoms with Crippen LogP contribution in [0.15, 0.2) is 54.6 Å². The molecule has 2 aromatic carbocycles. The third-order valence-electron chi connectivity index (χ3n) is 3.94. The van der Waals surface area contributed by atoms with Gasteiger partial charge in [0.1, 0.15) is 0 Å². The Morgan fingerprint density at radius 3 is 2.33 bits per heavy atom. The van der Waals surface area contributed by atoms with E-state index >= 15 is 0 Å². The van der Waals surface area contributed by atoms with E-state index in [0.717, 1.165) is 18.5 Å². The molecule has 2 rings (SSSR count). The van der Waals surface area contributed by atoms with Crippen LogP contribution in [-0.4, -0.2) is 32.0 Å². The van der Waals surface area contributed by atoms with Crippen molar-refractivity contribution < 1.29 is 9.59 Å². The summed E-state index contributed by atoms with van der Waals surface area (Å²) in [6.45, 7) is 1.44. The minimum atomic E-state index is -0.427. The molecule has 0 saturated heterocycles. The Balaban J connectivity index is 0.00000364. The monoisotopic (exact) mass is 409 g/mol. The second-order valence-corrected chi connectivity index (χ2v) is 6.33. The van der Waals surface area contributed by atoms with Gasteiger partial charge in [-0.2, -0.15) is 0 Å². The van der Waals surface area contributed by atoms with Crippen molar-refractivity contribution in [3.05, 3.63) is 70.7 Å². The first-order valence-electron chi connectivity index (χ1n) is 8.63. The van der Waals surface area contributed by atoms with Gasteiger partial charge < -0.3 is 16.0 Å². The summed E-state index contributed by atoms with van der Waals surface area (Å²) in [6, 6.07) is 15.9. The molecule has 0 aliphatic rings. The second-order valence-electron chi connectivity index (χ2n) is 5.93. The van der Waals surface area contributed by atoms with Crippen molar-refractivity contribution in [3.8, 4) is 0 Å². The summed E-state index contributed by atoms with van der Waals surface area (Å²) in [4.78, 5) is 24.9. The van der Waals surface area contributed by atoms with Gasteiger partial charge in [0.05, 0.1) is 23.0 Å². The predicted octanol–water partition coefficient (Wildman–Crippen LogP) is 3.35. The number of carbonyl (C=O) groups is 2. The van der Waals surface area contributed by atoms with Crippen LogP contribution >= 0.6 is 24.0 Å². The average Bonchev–Trinajstić information content (AvgIpc) is 2.65. The van der Waals surface area contributed by atoms with Gasteiger partial charge in [0.15, 0.2) is 0 Å². The molecular weight excluding hydrogens is 385 g/mol. The number of amides is 2. The van der Waals surface area contributed by atoms with E-state index in [9.17, 15) is 9.59 Å². The number of halogens is 2. The van der Waals surface area contributed by atoms with Crippen molar-refractivity contribution in [3.63, 3.8) is 0 Å². The van der Waals surface area contributed by atoms with Crippen LogP contribution in [-0.2, 0) is 4.79 Å². The van der Waals surface area contributed by atoms with Crippen molar-refractivity contribution in [2.24, 2.45) is 0 Å². The summed E-state index contributed by atoms with van der Waals surface area (Å²) < 4.78 is 0. The van der Waals surface area contributed by atoms with E-state index in [-0.39, 0.29) is 30.6 Å². The minimum Gasteiger partial charge on any atom is -0.356 e. The SMILES string of the molecule is CNCCCNC(=O)CC(NC(=O)c1ccccc1Cl)c1ccccc1.Cl. The fourth-order valence-electron chi connectivity index (χ4n) is 2.57. The van der Waals surface area contributed by atoms with Crippen LogP contribution in [0, 0.1) is 0 Å². The molecule has 2 amide bonds. The molecule has 146 valence electrons. The van der Waals surface area contributed by atoms with Crippen LogP contribution in [0.3, 0.4) is 0 Å². The maximum Gasteiger partial charge on any atom is 0.253 e. The Morgan fingerprint density at radius 1 is 1.00 bits per heavy atom. The predicted molar refractivity (Wildman–Crippen MR) is 112 cm³/mol. The molecule has 0 bridgehead atoms. The third-order valence-corrected chi connectivity index (χ3v) is 4.27. The van der Waals surface area contributed by atoms with E-state index in [1.54, 1.807) is 24.3 Å². The first-order chi connectivity index (χ1) is 12.6. The number of hydrogen-bond donors (Lipinski definition) is 3. The van der Waals surface area contributed by atoms with Gasteiger partial charge >= 0.3 is 0 Å². The van der Waals surface area contributed by atoms with Gasteiger partial charge in [-0.15, -0.1) is 12.4 Å². The highest BCUT2D eigenvalue weighted by Gasteiger charge is 2.20. The van der Waals surface area contributed by atoms with Crippen LogP contribution in [0.5, 0.6) is 0 Å². The van der Waals surface area contributed by atoms with Gasteiger partial charge in [-0.25, -0.2) is 0 Å². The number of hydrogen-bond acceptors (Lipinski definition) is 3. The Morgan fingerprint density at radius 2 is 1.67 bits per heavy atom. The largest absolute Gasteiger partial charge is 0.356 e. The molecule has 0 fully saturated rings. The molecule has 0 radical (unpaired) electrons. The fourth-order valence-corrected chi connectivity index (χ4v) is 2.79. The van der Waals surface area contributed by atoms with E-state index in [0.29, 0.717) is 17.1 Å². The zero-order chi connectivity index (χ0) is 18.8. The van der Waals surface area contributed by atoms with Gasteiger partial charge in [-0.1, -0.05) is 54.1 Å². The topological polar surface area (TPSA) is 70.2 Å². The summed E-state index contributed by atoms with van der Waals surface area (Å²) in [7, 11) is 1.87. The lowest BCUT2D eigenvalue weighted by atomic mass is 10.0. The Kier molecular flexibility index (Phi) is 10.5. The fraction of sp³-hybridized carbons (Fsp3) is 0.300. The molecule has 7 heteroatoms. The first-order valence-corrected chi connectivity index (χ1v) is 9.01. The molecule has 3 N–H and O–H groups in total. The molecule has 0 aliphatic heterocycles. The van der Waals surface area contributed by atoms with Crippen molar-refractivity contribution in [1.29, 1.82) is 0 Å². The summed E-state index contributed by atoms with van der Waals surface area (Å²) in [5, 5.41) is 9.23. The molecule has 27 heavy (non-hydrogen) atoms. The van der Waals surface area contributed by atoms with Crippen LogP contribution in [0.2, 0.25) is 5.02 Å². The Hall–Kier alpha value is -2.08. The highest BCUT2D eigenvalue weighted by molar-refractivity contribution is 6.33. The zero-order valence-corrected chi connectivity index (χ0v) is 16.8. The maximum atomic E-state index is 12.6. The number of nitrogens with one attached hydrogen (secondary N) is 3. The molecule has 0 heterocycles. The quantitative estimate of drug-likeness (QED) is 0.556. The molecule has 0 spiro atoms. The summed E-state index contributed by atoms with van der Waals surface area (Å²) in [6.07, 6.45) is 1.02. The lowest BCUT2D eigenvalue weighted by molar-refractivity contribution is -0.121. The van der Waals surface area contributed by atoms with Gasteiger partial charge in [0.25, 0.3) is 5.91 Å². The van der Waals surface area contributed by atoms with Crippen molar-refractivity contribution in [2.75, 3.05) is 20.1 Å². The summed E-state index contributed by atoms with van der Waals surface area (Å²) in [5.74, 6) is -0.401. The second kappa shape index (κ2) is 12.3. The van der Waals surface area contributed by atoms with Gasteiger partial charge in [-0.05, 0) is 37.7 Å². The average molecular weight is 410 g/mol. The van der Waals surface area contributed by atoms with Crippen LogP contribution in [0.4, 0.5) is 0 Å². The molecular formula is C20H25Cl2N3O2. The molecule has 5 nitrogen and oxygen atoms in total. The smallest absolute Gasteiger partial charge is 0.253 e. The van der Waals surface area contributed by atoms with Crippen molar-refractivity contribution in [2.45, 2.75) is 18.9 Å². The van der Waals surface area contributed by atoms with Gasteiger partial charge in [-0.3, -0.25) is 9.59 Å². The highest BCUT2D eigenvalue weighted by atomic mass is 35.5. The molecule has 0 saturated carbocycles. The Bertz CT molecular complexity index is 726. The van der Waals surface area contributed by atoms with E-state index in [2.05, 4.69) is 16.0 Å². The van der Waals surface area contributed by atoms with Gasteiger partial charge in [0, 0.05) is 6.54 Å². The Labute approximate surface area is 171 Å². The molecule has 2 aromatic rings. The normalized spacial score (nSPS) is 11.2. The molecule has 1 atom stereocenters. The van der Waals surface area contributed by atoms with Crippen LogP contribution in [0.1, 0.15) is 34.8 Å². The number of rotatable bonds is 9. The van der Waals surface area contributed by atoms with E-state index in [1.165, 1.54) is 0 Å². The van der Waals surface area contributed by atoms with E-state index < -0.39 is 6.04 Å². The highest BCUT2D eigenvalue weighted by Crippen LogP contribution is 2.20. The minimum absolute atomic E-state index is 0. The van der Waals surface area contributed by atoms with E-state index in [1.807, 2.05) is 37.4 Å². The number of carbonyl (C=O) groups excluding carboxylic acids is 2. The lowest BCUT2D eigenvalue weighted by Gasteiger charge is -2.19. The zero-order valence-electron chi connectivity index (χ0n) is 15.2. The van der Waals surface area contributed by atoms with E-state index in [4.69, 9.17) is 11.6 Å². The summed E-state index contributed by atoms with van der Waals surface area (Å²) >= 11 is 6.11. The van der Waals surface area contributed by atoms with Crippen LogP contribution in [0.25, 0.3) is 0 Å². The summed E-state index contributed by atoms with van der Waals surface area (Å²) in [5.41, 5.74) is 1.27. The van der Waals surface area contributed by atoms with Crippen molar-refractivity contribution in [1.82, 2.24) is 16.0 Å². The molecule has 0 aromatic heterocycles. The number of benzene rings is 2.